The lowest BCUT2D eigenvalue weighted by atomic mass is 9.94. The van der Waals surface area contributed by atoms with Crippen molar-refractivity contribution in [3.05, 3.63) is 28.7 Å². The molecule has 3 rings (SSSR count). The van der Waals surface area contributed by atoms with Crippen LogP contribution in [0.1, 0.15) is 32.1 Å². The fourth-order valence-corrected chi connectivity index (χ4v) is 3.71. The molecule has 1 saturated carbocycles. The Bertz CT molecular complexity index is 390. The van der Waals surface area contributed by atoms with E-state index in [-0.39, 0.29) is 0 Å². The van der Waals surface area contributed by atoms with Gasteiger partial charge in [0.15, 0.2) is 0 Å². The molecule has 0 bridgehead atoms. The number of hydrogen-bond donors (Lipinski definition) is 0. The molecule has 19 heavy (non-hydrogen) atoms. The molecule has 0 radical (unpaired) electrons. The second kappa shape index (κ2) is 6.27. The summed E-state index contributed by atoms with van der Waals surface area (Å²) in [4.78, 5) is 5.25. The summed E-state index contributed by atoms with van der Waals surface area (Å²) < 4.78 is 1.16. The molecule has 2 nitrogen and oxygen atoms in total. The van der Waals surface area contributed by atoms with Gasteiger partial charge in [-0.1, -0.05) is 35.2 Å². The number of anilines is 1. The minimum Gasteiger partial charge on any atom is -0.369 e. The summed E-state index contributed by atoms with van der Waals surface area (Å²) in [6.07, 6.45) is 7.20. The van der Waals surface area contributed by atoms with Crippen molar-refractivity contribution in [2.45, 2.75) is 38.1 Å². The van der Waals surface area contributed by atoms with Gasteiger partial charge in [0.1, 0.15) is 0 Å². The standard InChI is InChI=1S/C16H23BrN2/c17-14-6-8-16(9-7-14)19-12-10-18(11-13-19)15-4-2-1-3-5-15/h6-9,15H,1-5,10-13H2. The molecular weight excluding hydrogens is 300 g/mol. The molecule has 1 heterocycles. The molecule has 1 aliphatic carbocycles. The van der Waals surface area contributed by atoms with E-state index in [1.165, 1.54) is 64.0 Å². The third kappa shape index (κ3) is 3.32. The Morgan fingerprint density at radius 3 is 2.11 bits per heavy atom. The Labute approximate surface area is 124 Å². The summed E-state index contributed by atoms with van der Waals surface area (Å²) in [5, 5.41) is 0. The minimum atomic E-state index is 0.876. The van der Waals surface area contributed by atoms with Crippen molar-refractivity contribution in [1.29, 1.82) is 0 Å². The summed E-state index contributed by atoms with van der Waals surface area (Å²) in [5.74, 6) is 0. The van der Waals surface area contributed by atoms with Gasteiger partial charge in [-0.25, -0.2) is 0 Å². The summed E-state index contributed by atoms with van der Waals surface area (Å²) >= 11 is 3.50. The van der Waals surface area contributed by atoms with Crippen LogP contribution < -0.4 is 4.90 Å². The van der Waals surface area contributed by atoms with Crippen LogP contribution in [0.3, 0.4) is 0 Å². The highest BCUT2D eigenvalue weighted by atomic mass is 79.9. The number of nitrogens with zero attached hydrogens (tertiary/aromatic N) is 2. The normalized spacial score (nSPS) is 22.7. The highest BCUT2D eigenvalue weighted by Gasteiger charge is 2.24. The maximum Gasteiger partial charge on any atom is 0.0367 e. The molecule has 2 aliphatic rings. The van der Waals surface area contributed by atoms with E-state index in [0.29, 0.717) is 0 Å². The van der Waals surface area contributed by atoms with Gasteiger partial charge >= 0.3 is 0 Å². The second-order valence-electron chi connectivity index (χ2n) is 5.79. The molecule has 3 heteroatoms. The van der Waals surface area contributed by atoms with Gasteiger partial charge in [-0.15, -0.1) is 0 Å². The van der Waals surface area contributed by atoms with Crippen molar-refractivity contribution >= 4 is 21.6 Å². The van der Waals surface area contributed by atoms with Crippen molar-refractivity contribution in [3.63, 3.8) is 0 Å². The van der Waals surface area contributed by atoms with Crippen LogP contribution in [0.15, 0.2) is 28.7 Å². The first-order chi connectivity index (χ1) is 9.33. The quantitative estimate of drug-likeness (QED) is 0.814. The van der Waals surface area contributed by atoms with Crippen LogP contribution in [0.5, 0.6) is 0 Å². The van der Waals surface area contributed by atoms with E-state index in [9.17, 15) is 0 Å². The third-order valence-corrected chi connectivity index (χ3v) is 5.13. The zero-order valence-corrected chi connectivity index (χ0v) is 13.1. The monoisotopic (exact) mass is 322 g/mol. The van der Waals surface area contributed by atoms with Crippen LogP contribution in [0, 0.1) is 0 Å². The summed E-state index contributed by atoms with van der Waals surface area (Å²) in [5.41, 5.74) is 1.37. The lowest BCUT2D eigenvalue weighted by Crippen LogP contribution is -2.50. The van der Waals surface area contributed by atoms with Gasteiger partial charge in [-0.3, -0.25) is 4.90 Å². The molecule has 0 atom stereocenters. The smallest absolute Gasteiger partial charge is 0.0367 e. The maximum absolute atomic E-state index is 3.50. The van der Waals surface area contributed by atoms with Gasteiger partial charge in [0.25, 0.3) is 0 Å². The molecule has 0 unspecified atom stereocenters. The van der Waals surface area contributed by atoms with Crippen molar-refractivity contribution in [2.24, 2.45) is 0 Å². The van der Waals surface area contributed by atoms with Crippen molar-refractivity contribution in [2.75, 3.05) is 31.1 Å². The van der Waals surface area contributed by atoms with E-state index in [1.807, 2.05) is 0 Å². The molecule has 1 saturated heterocycles. The zero-order valence-electron chi connectivity index (χ0n) is 11.5. The van der Waals surface area contributed by atoms with E-state index in [4.69, 9.17) is 0 Å². The zero-order chi connectivity index (χ0) is 13.1. The average Bonchev–Trinajstić information content (AvgIpc) is 2.49. The largest absolute Gasteiger partial charge is 0.369 e. The average molecular weight is 323 g/mol. The van der Waals surface area contributed by atoms with Crippen LogP contribution in [0.4, 0.5) is 5.69 Å². The Morgan fingerprint density at radius 2 is 1.47 bits per heavy atom. The van der Waals surface area contributed by atoms with Crippen LogP contribution in [0.2, 0.25) is 0 Å². The molecule has 2 fully saturated rings. The Hall–Kier alpha value is -0.540. The van der Waals surface area contributed by atoms with Crippen molar-refractivity contribution in [1.82, 2.24) is 4.90 Å². The van der Waals surface area contributed by atoms with E-state index in [2.05, 4.69) is 50.0 Å². The number of hydrogen-bond acceptors (Lipinski definition) is 2. The van der Waals surface area contributed by atoms with Gasteiger partial charge in [-0.2, -0.15) is 0 Å². The highest BCUT2D eigenvalue weighted by Crippen LogP contribution is 2.25. The first-order valence-corrected chi connectivity index (χ1v) is 8.37. The molecule has 1 aromatic carbocycles. The molecule has 0 N–H and O–H groups in total. The summed E-state index contributed by atoms with van der Waals surface area (Å²) in [6, 6.07) is 9.60. The second-order valence-corrected chi connectivity index (χ2v) is 6.71. The SMILES string of the molecule is Brc1ccc(N2CCN(C3CCCCC3)CC2)cc1. The summed E-state index contributed by atoms with van der Waals surface area (Å²) in [7, 11) is 0. The topological polar surface area (TPSA) is 6.48 Å². The Kier molecular flexibility index (Phi) is 4.44. The molecular formula is C16H23BrN2. The lowest BCUT2D eigenvalue weighted by molar-refractivity contribution is 0.148. The van der Waals surface area contributed by atoms with E-state index in [1.54, 1.807) is 0 Å². The molecule has 1 aliphatic heterocycles. The molecule has 0 spiro atoms. The number of benzene rings is 1. The number of halogens is 1. The van der Waals surface area contributed by atoms with Gasteiger partial charge in [0.2, 0.25) is 0 Å². The summed E-state index contributed by atoms with van der Waals surface area (Å²) in [6.45, 7) is 4.83. The van der Waals surface area contributed by atoms with Crippen molar-refractivity contribution in [3.8, 4) is 0 Å². The fourth-order valence-electron chi connectivity index (χ4n) is 3.44. The van der Waals surface area contributed by atoms with Crippen molar-refractivity contribution < 1.29 is 0 Å². The predicted octanol–water partition coefficient (Wildman–Crippen LogP) is 3.90. The van der Waals surface area contributed by atoms with E-state index in [0.717, 1.165) is 10.5 Å². The number of piperazine rings is 1. The number of rotatable bonds is 2. The van der Waals surface area contributed by atoms with Gasteiger partial charge in [-0.05, 0) is 37.1 Å². The van der Waals surface area contributed by atoms with Gasteiger partial charge in [0, 0.05) is 42.4 Å². The lowest BCUT2D eigenvalue weighted by Gasteiger charge is -2.41. The van der Waals surface area contributed by atoms with Crippen LogP contribution in [-0.4, -0.2) is 37.1 Å². The van der Waals surface area contributed by atoms with Crippen LogP contribution in [-0.2, 0) is 0 Å². The van der Waals surface area contributed by atoms with Gasteiger partial charge in [0.05, 0.1) is 0 Å². The van der Waals surface area contributed by atoms with E-state index >= 15 is 0 Å². The minimum absolute atomic E-state index is 0.876. The van der Waals surface area contributed by atoms with Gasteiger partial charge < -0.3 is 4.90 Å². The highest BCUT2D eigenvalue weighted by molar-refractivity contribution is 9.10. The Balaban J connectivity index is 1.55. The van der Waals surface area contributed by atoms with E-state index < -0.39 is 0 Å². The fraction of sp³-hybridized carbons (Fsp3) is 0.625. The third-order valence-electron chi connectivity index (χ3n) is 4.60. The molecule has 1 aromatic rings. The maximum atomic E-state index is 3.50. The van der Waals surface area contributed by atoms with Crippen LogP contribution >= 0.6 is 15.9 Å². The molecule has 0 aromatic heterocycles. The first-order valence-electron chi connectivity index (χ1n) is 7.57. The predicted molar refractivity (Wildman–Crippen MR) is 84.8 cm³/mol. The van der Waals surface area contributed by atoms with Crippen LogP contribution in [0.25, 0.3) is 0 Å². The first kappa shape index (κ1) is 13.4. The molecule has 0 amide bonds. The Morgan fingerprint density at radius 1 is 0.842 bits per heavy atom. The molecule has 104 valence electrons.